The topological polar surface area (TPSA) is 59.6 Å². The molecule has 0 bridgehead atoms. The Morgan fingerprint density at radius 2 is 2.00 bits per heavy atom. The van der Waals surface area contributed by atoms with Crippen molar-refractivity contribution >= 4 is 29.9 Å². The van der Waals surface area contributed by atoms with Crippen LogP contribution in [0.2, 0.25) is 0 Å². The van der Waals surface area contributed by atoms with Gasteiger partial charge in [0.15, 0.2) is 5.96 Å². The first-order chi connectivity index (χ1) is 9.18. The summed E-state index contributed by atoms with van der Waals surface area (Å²) in [4.78, 5) is 4.21. The molecule has 0 aliphatic carbocycles. The summed E-state index contributed by atoms with van der Waals surface area (Å²) in [6, 6.07) is 10.3. The second-order valence-corrected chi connectivity index (χ2v) is 4.90. The summed E-state index contributed by atoms with van der Waals surface area (Å²) in [5, 5.41) is 3.10. The number of nitrogens with two attached hydrogens (primary N) is 1. The predicted octanol–water partition coefficient (Wildman–Crippen LogP) is 2.42. The number of guanidine groups is 1. The van der Waals surface area contributed by atoms with Crippen LogP contribution in [0.4, 0.5) is 0 Å². The molecule has 20 heavy (non-hydrogen) atoms. The summed E-state index contributed by atoms with van der Waals surface area (Å²) in [6.07, 6.45) is 0.945. The number of nitrogens with zero attached hydrogens (tertiary/aromatic N) is 1. The van der Waals surface area contributed by atoms with Crippen LogP contribution in [0.15, 0.2) is 35.3 Å². The van der Waals surface area contributed by atoms with Crippen LogP contribution in [-0.2, 0) is 11.2 Å². The highest BCUT2D eigenvalue weighted by Gasteiger charge is 1.95. The molecule has 0 unspecified atom stereocenters. The van der Waals surface area contributed by atoms with Crippen LogP contribution in [0, 0.1) is 5.92 Å². The monoisotopic (exact) mass is 391 g/mol. The lowest BCUT2D eigenvalue weighted by Gasteiger charge is -2.07. The third-order valence-electron chi connectivity index (χ3n) is 2.53. The summed E-state index contributed by atoms with van der Waals surface area (Å²) in [6.45, 7) is 7.06. The van der Waals surface area contributed by atoms with E-state index in [-0.39, 0.29) is 24.0 Å². The molecule has 0 aliphatic heterocycles. The van der Waals surface area contributed by atoms with Crippen molar-refractivity contribution in [1.82, 2.24) is 5.32 Å². The summed E-state index contributed by atoms with van der Waals surface area (Å²) in [5.74, 6) is 1.05. The molecule has 1 rings (SSSR count). The van der Waals surface area contributed by atoms with E-state index in [0.29, 0.717) is 25.0 Å². The number of rotatable bonds is 8. The van der Waals surface area contributed by atoms with E-state index in [1.165, 1.54) is 5.56 Å². The van der Waals surface area contributed by atoms with Gasteiger partial charge in [-0.05, 0) is 17.9 Å². The van der Waals surface area contributed by atoms with Crippen LogP contribution in [0.3, 0.4) is 0 Å². The fourth-order valence-corrected chi connectivity index (χ4v) is 1.59. The summed E-state index contributed by atoms with van der Waals surface area (Å²) < 4.78 is 5.43. The maximum absolute atomic E-state index is 5.76. The SMILES string of the molecule is CC(C)COCCN=C(N)NCCc1ccccc1.I. The average Bonchev–Trinajstić information content (AvgIpc) is 2.39. The van der Waals surface area contributed by atoms with Gasteiger partial charge in [0.1, 0.15) is 0 Å². The normalized spacial score (nSPS) is 11.2. The van der Waals surface area contributed by atoms with Gasteiger partial charge < -0.3 is 15.8 Å². The van der Waals surface area contributed by atoms with Crippen molar-refractivity contribution in [3.05, 3.63) is 35.9 Å². The summed E-state index contributed by atoms with van der Waals surface area (Å²) in [7, 11) is 0. The van der Waals surface area contributed by atoms with Crippen LogP contribution in [-0.4, -0.2) is 32.3 Å². The van der Waals surface area contributed by atoms with Gasteiger partial charge in [0, 0.05) is 13.2 Å². The Morgan fingerprint density at radius 3 is 2.65 bits per heavy atom. The average molecular weight is 391 g/mol. The Bertz CT molecular complexity index is 369. The number of benzene rings is 1. The molecule has 0 heterocycles. The molecular formula is C15H26IN3O. The minimum atomic E-state index is 0. The number of nitrogens with one attached hydrogen (secondary N) is 1. The third-order valence-corrected chi connectivity index (χ3v) is 2.53. The van der Waals surface area contributed by atoms with Gasteiger partial charge >= 0.3 is 0 Å². The van der Waals surface area contributed by atoms with Crippen LogP contribution in [0.5, 0.6) is 0 Å². The first-order valence-corrected chi connectivity index (χ1v) is 6.84. The van der Waals surface area contributed by atoms with Gasteiger partial charge in [-0.3, -0.25) is 4.99 Å². The van der Waals surface area contributed by atoms with Gasteiger partial charge in [-0.2, -0.15) is 0 Å². The van der Waals surface area contributed by atoms with Gasteiger partial charge in [0.05, 0.1) is 13.2 Å². The Hall–Kier alpha value is -0.820. The summed E-state index contributed by atoms with van der Waals surface area (Å²) >= 11 is 0. The molecular weight excluding hydrogens is 365 g/mol. The number of ether oxygens (including phenoxy) is 1. The molecule has 0 radical (unpaired) electrons. The molecule has 0 amide bonds. The van der Waals surface area contributed by atoms with Crippen molar-refractivity contribution < 1.29 is 4.74 Å². The molecule has 3 N–H and O–H groups in total. The van der Waals surface area contributed by atoms with Crippen LogP contribution in [0.25, 0.3) is 0 Å². The molecule has 0 aliphatic rings. The molecule has 0 spiro atoms. The number of halogens is 1. The lowest BCUT2D eigenvalue weighted by molar-refractivity contribution is 0.117. The molecule has 5 heteroatoms. The molecule has 0 aromatic heterocycles. The smallest absolute Gasteiger partial charge is 0.188 e. The van der Waals surface area contributed by atoms with Gasteiger partial charge in [-0.25, -0.2) is 0 Å². The zero-order valence-corrected chi connectivity index (χ0v) is 14.7. The maximum atomic E-state index is 5.76. The van der Waals surface area contributed by atoms with Crippen molar-refractivity contribution in [3.8, 4) is 0 Å². The van der Waals surface area contributed by atoms with Crippen molar-refractivity contribution in [2.75, 3.05) is 26.3 Å². The quantitative estimate of drug-likeness (QED) is 0.310. The second-order valence-electron chi connectivity index (χ2n) is 4.90. The van der Waals surface area contributed by atoms with E-state index < -0.39 is 0 Å². The van der Waals surface area contributed by atoms with Crippen molar-refractivity contribution in [2.24, 2.45) is 16.6 Å². The first-order valence-electron chi connectivity index (χ1n) is 6.84. The van der Waals surface area contributed by atoms with E-state index in [1.807, 2.05) is 18.2 Å². The van der Waals surface area contributed by atoms with E-state index >= 15 is 0 Å². The van der Waals surface area contributed by atoms with E-state index in [9.17, 15) is 0 Å². The highest BCUT2D eigenvalue weighted by molar-refractivity contribution is 14.0. The lowest BCUT2D eigenvalue weighted by atomic mass is 10.1. The third kappa shape index (κ3) is 10.0. The fourth-order valence-electron chi connectivity index (χ4n) is 1.59. The van der Waals surface area contributed by atoms with Crippen LogP contribution >= 0.6 is 24.0 Å². The lowest BCUT2D eigenvalue weighted by Crippen LogP contribution is -2.33. The van der Waals surface area contributed by atoms with E-state index in [0.717, 1.165) is 19.6 Å². The van der Waals surface area contributed by atoms with Crippen LogP contribution < -0.4 is 11.1 Å². The standard InChI is InChI=1S/C15H25N3O.HI/c1-13(2)12-19-11-10-18-15(16)17-9-8-14-6-4-3-5-7-14;/h3-7,13H,8-12H2,1-2H3,(H3,16,17,18);1H. The fraction of sp³-hybridized carbons (Fsp3) is 0.533. The van der Waals surface area contributed by atoms with E-state index in [4.69, 9.17) is 10.5 Å². The maximum Gasteiger partial charge on any atom is 0.188 e. The van der Waals surface area contributed by atoms with Gasteiger partial charge in [0.25, 0.3) is 0 Å². The minimum absolute atomic E-state index is 0. The molecule has 0 fully saturated rings. The number of hydrogen-bond donors (Lipinski definition) is 2. The molecule has 114 valence electrons. The highest BCUT2D eigenvalue weighted by Crippen LogP contribution is 1.97. The van der Waals surface area contributed by atoms with E-state index in [2.05, 4.69) is 36.3 Å². The van der Waals surface area contributed by atoms with Gasteiger partial charge in [-0.15, -0.1) is 24.0 Å². The number of hydrogen-bond acceptors (Lipinski definition) is 2. The largest absolute Gasteiger partial charge is 0.379 e. The Labute approximate surface area is 139 Å². The Kier molecular flexibility index (Phi) is 11.5. The predicted molar refractivity (Wildman–Crippen MR) is 95.7 cm³/mol. The second kappa shape index (κ2) is 12.0. The zero-order valence-electron chi connectivity index (χ0n) is 12.3. The van der Waals surface area contributed by atoms with Gasteiger partial charge in [-0.1, -0.05) is 44.2 Å². The zero-order chi connectivity index (χ0) is 13.9. The van der Waals surface area contributed by atoms with Gasteiger partial charge in [0.2, 0.25) is 0 Å². The molecule has 0 saturated carbocycles. The number of aliphatic imine (C=N–C) groups is 1. The molecule has 0 atom stereocenters. The Balaban J connectivity index is 0.00000361. The highest BCUT2D eigenvalue weighted by atomic mass is 127. The van der Waals surface area contributed by atoms with Crippen molar-refractivity contribution in [1.29, 1.82) is 0 Å². The van der Waals surface area contributed by atoms with E-state index in [1.54, 1.807) is 0 Å². The summed E-state index contributed by atoms with van der Waals surface area (Å²) in [5.41, 5.74) is 7.06. The first kappa shape index (κ1) is 19.2. The molecule has 1 aromatic carbocycles. The minimum Gasteiger partial charge on any atom is -0.379 e. The molecule has 1 aromatic rings. The van der Waals surface area contributed by atoms with Crippen molar-refractivity contribution in [3.63, 3.8) is 0 Å². The van der Waals surface area contributed by atoms with Crippen LogP contribution in [0.1, 0.15) is 19.4 Å². The molecule has 4 nitrogen and oxygen atoms in total. The molecule has 0 saturated heterocycles. The Morgan fingerprint density at radius 1 is 1.30 bits per heavy atom. The van der Waals surface area contributed by atoms with Crippen molar-refractivity contribution in [2.45, 2.75) is 20.3 Å².